The lowest BCUT2D eigenvalue weighted by atomic mass is 10.1. The molecule has 19 heavy (non-hydrogen) atoms. The molecule has 4 N–H and O–H groups in total. The van der Waals surface area contributed by atoms with Gasteiger partial charge in [-0.05, 0) is 6.07 Å². The Morgan fingerprint density at radius 1 is 1.42 bits per heavy atom. The topological polar surface area (TPSA) is 74.2 Å². The van der Waals surface area contributed by atoms with Crippen molar-refractivity contribution in [3.05, 3.63) is 22.8 Å². The third-order valence-electron chi connectivity index (χ3n) is 2.23. The van der Waals surface area contributed by atoms with Crippen LogP contribution in [-0.2, 0) is 4.74 Å². The van der Waals surface area contributed by atoms with E-state index in [1.54, 1.807) is 0 Å². The number of hydrogen-bond acceptors (Lipinski definition) is 4. The number of alkyl halides is 4. The highest BCUT2D eigenvalue weighted by Crippen LogP contribution is 2.24. The van der Waals surface area contributed by atoms with Crippen molar-refractivity contribution in [2.45, 2.75) is 18.4 Å². The first-order valence-corrected chi connectivity index (χ1v) is 5.52. The second-order valence-corrected chi connectivity index (χ2v) is 4.25. The van der Waals surface area contributed by atoms with E-state index in [1.807, 2.05) is 0 Å². The smallest absolute Gasteiger partial charge is 0.330 e. The van der Waals surface area contributed by atoms with Gasteiger partial charge in [-0.15, -0.1) is 0 Å². The van der Waals surface area contributed by atoms with Gasteiger partial charge in [-0.25, -0.2) is 13.8 Å². The molecule has 0 radical (unpaired) electrons. The van der Waals surface area contributed by atoms with Gasteiger partial charge in [0, 0.05) is 11.8 Å². The highest BCUT2D eigenvalue weighted by molar-refractivity contribution is 6.30. The number of halogens is 5. The summed E-state index contributed by atoms with van der Waals surface area (Å²) >= 11 is 5.68. The van der Waals surface area contributed by atoms with Crippen LogP contribution in [-0.4, -0.2) is 30.5 Å². The molecule has 0 aliphatic heterocycles. The van der Waals surface area contributed by atoms with E-state index in [9.17, 15) is 17.6 Å². The summed E-state index contributed by atoms with van der Waals surface area (Å²) in [5.41, 5.74) is 11.5. The van der Waals surface area contributed by atoms with Crippen LogP contribution in [0.3, 0.4) is 0 Å². The normalized spacial score (nSPS) is 13.8. The van der Waals surface area contributed by atoms with Crippen molar-refractivity contribution >= 4 is 17.4 Å². The predicted molar refractivity (Wildman–Crippen MR) is 62.4 cm³/mol. The van der Waals surface area contributed by atoms with E-state index < -0.39 is 31.6 Å². The molecule has 0 saturated carbocycles. The van der Waals surface area contributed by atoms with Gasteiger partial charge in [0.15, 0.2) is 0 Å². The summed E-state index contributed by atoms with van der Waals surface area (Å²) < 4.78 is 53.4. The third kappa shape index (κ3) is 4.48. The maximum atomic E-state index is 12.6. The largest absolute Gasteiger partial charge is 0.383 e. The fraction of sp³-hybridized carbons (Fsp3) is 0.500. The minimum Gasteiger partial charge on any atom is -0.383 e. The molecule has 0 amide bonds. The summed E-state index contributed by atoms with van der Waals surface area (Å²) in [7, 11) is 0. The molecule has 108 valence electrons. The average Bonchev–Trinajstić information content (AvgIpc) is 2.31. The molecule has 1 rings (SSSR count). The Labute approximate surface area is 111 Å². The molecule has 0 bridgehead atoms. The molecule has 1 atom stereocenters. The highest BCUT2D eigenvalue weighted by atomic mass is 35.5. The zero-order valence-corrected chi connectivity index (χ0v) is 10.4. The lowest BCUT2D eigenvalue weighted by Crippen LogP contribution is -2.33. The van der Waals surface area contributed by atoms with Crippen molar-refractivity contribution in [1.29, 1.82) is 0 Å². The Kier molecular flexibility index (Phi) is 5.33. The summed E-state index contributed by atoms with van der Waals surface area (Å²) in [6.07, 6.45) is -2.50. The van der Waals surface area contributed by atoms with Crippen LogP contribution in [0.2, 0.25) is 5.02 Å². The van der Waals surface area contributed by atoms with Crippen LogP contribution in [0, 0.1) is 0 Å². The minimum absolute atomic E-state index is 0.0705. The molecule has 0 saturated heterocycles. The molecular formula is C10H12ClF4N3O. The molecule has 9 heteroatoms. The Morgan fingerprint density at radius 2 is 2.05 bits per heavy atom. The van der Waals surface area contributed by atoms with E-state index in [2.05, 4.69) is 9.72 Å². The van der Waals surface area contributed by atoms with E-state index in [0.29, 0.717) is 5.56 Å². The molecule has 1 heterocycles. The Balaban J connectivity index is 2.56. The molecule has 0 aromatic carbocycles. The SMILES string of the molecule is Nc1ncc(Cl)cc1C(N)COCC(F)(F)C(F)F. The van der Waals surface area contributed by atoms with Crippen molar-refractivity contribution in [2.24, 2.45) is 5.73 Å². The van der Waals surface area contributed by atoms with E-state index in [0.717, 1.165) is 0 Å². The van der Waals surface area contributed by atoms with Gasteiger partial charge in [-0.2, -0.15) is 8.78 Å². The number of nitrogens with two attached hydrogens (primary N) is 2. The first-order chi connectivity index (χ1) is 8.74. The van der Waals surface area contributed by atoms with Crippen molar-refractivity contribution in [3.63, 3.8) is 0 Å². The molecular weight excluding hydrogens is 290 g/mol. The van der Waals surface area contributed by atoms with Gasteiger partial charge >= 0.3 is 12.3 Å². The zero-order chi connectivity index (χ0) is 14.6. The van der Waals surface area contributed by atoms with Crippen LogP contribution in [0.4, 0.5) is 23.4 Å². The first-order valence-electron chi connectivity index (χ1n) is 5.14. The Bertz CT molecular complexity index is 433. The summed E-state index contributed by atoms with van der Waals surface area (Å²) in [6.45, 7) is -1.83. The van der Waals surface area contributed by atoms with Crippen LogP contribution < -0.4 is 11.5 Å². The number of anilines is 1. The number of nitrogens with zero attached hydrogens (tertiary/aromatic N) is 1. The van der Waals surface area contributed by atoms with Crippen molar-refractivity contribution in [1.82, 2.24) is 4.98 Å². The molecule has 0 aliphatic rings. The fourth-order valence-corrected chi connectivity index (χ4v) is 1.40. The van der Waals surface area contributed by atoms with Crippen LogP contribution in [0.1, 0.15) is 11.6 Å². The van der Waals surface area contributed by atoms with E-state index in [4.69, 9.17) is 23.1 Å². The second-order valence-electron chi connectivity index (χ2n) is 3.81. The molecule has 1 aromatic rings. The molecule has 4 nitrogen and oxygen atoms in total. The number of hydrogen-bond donors (Lipinski definition) is 2. The number of rotatable bonds is 6. The molecule has 0 aliphatic carbocycles. The van der Waals surface area contributed by atoms with Gasteiger partial charge in [0.2, 0.25) is 0 Å². The molecule has 0 spiro atoms. The van der Waals surface area contributed by atoms with Gasteiger partial charge in [-0.1, -0.05) is 11.6 Å². The van der Waals surface area contributed by atoms with Crippen LogP contribution in [0.25, 0.3) is 0 Å². The summed E-state index contributed by atoms with van der Waals surface area (Å²) in [5, 5.41) is 0.262. The molecule has 1 aromatic heterocycles. The second kappa shape index (κ2) is 6.36. The maximum absolute atomic E-state index is 12.6. The highest BCUT2D eigenvalue weighted by Gasteiger charge is 2.41. The van der Waals surface area contributed by atoms with E-state index in [-0.39, 0.29) is 10.8 Å². The van der Waals surface area contributed by atoms with Crippen molar-refractivity contribution in [2.75, 3.05) is 18.9 Å². The first kappa shape index (κ1) is 15.9. The van der Waals surface area contributed by atoms with Gasteiger partial charge in [0.05, 0.1) is 17.7 Å². The monoisotopic (exact) mass is 301 g/mol. The number of pyridine rings is 1. The minimum atomic E-state index is -4.21. The van der Waals surface area contributed by atoms with E-state index in [1.165, 1.54) is 12.3 Å². The lowest BCUT2D eigenvalue weighted by Gasteiger charge is -2.18. The molecule has 0 fully saturated rings. The summed E-state index contributed by atoms with van der Waals surface area (Å²) in [4.78, 5) is 3.73. The molecule has 1 unspecified atom stereocenters. The van der Waals surface area contributed by atoms with Crippen LogP contribution in [0.5, 0.6) is 0 Å². The zero-order valence-electron chi connectivity index (χ0n) is 9.62. The van der Waals surface area contributed by atoms with Crippen molar-refractivity contribution < 1.29 is 22.3 Å². The fourth-order valence-electron chi connectivity index (χ4n) is 1.24. The van der Waals surface area contributed by atoms with Gasteiger partial charge in [0.25, 0.3) is 0 Å². The Hall–Kier alpha value is -1.12. The standard InChI is InChI=1S/C10H12ClF4N3O/c11-5-1-6(8(17)18-2-5)7(16)3-19-4-10(14,15)9(12)13/h1-2,7,9H,3-4,16H2,(H2,17,18). The number of nitrogen functional groups attached to an aromatic ring is 1. The summed E-state index contributed by atoms with van der Waals surface area (Å²) in [6, 6.07) is 0.517. The van der Waals surface area contributed by atoms with Gasteiger partial charge in [-0.3, -0.25) is 0 Å². The van der Waals surface area contributed by atoms with Gasteiger partial charge in [0.1, 0.15) is 12.4 Å². The Morgan fingerprint density at radius 3 is 2.63 bits per heavy atom. The van der Waals surface area contributed by atoms with Crippen LogP contribution >= 0.6 is 11.6 Å². The maximum Gasteiger partial charge on any atom is 0.330 e. The van der Waals surface area contributed by atoms with E-state index >= 15 is 0 Å². The average molecular weight is 302 g/mol. The lowest BCUT2D eigenvalue weighted by molar-refractivity contribution is -0.166. The third-order valence-corrected chi connectivity index (χ3v) is 2.43. The predicted octanol–water partition coefficient (Wildman–Crippen LogP) is 2.23. The van der Waals surface area contributed by atoms with Crippen LogP contribution in [0.15, 0.2) is 12.3 Å². The van der Waals surface area contributed by atoms with Gasteiger partial charge < -0.3 is 16.2 Å². The number of aromatic nitrogens is 1. The summed E-state index contributed by atoms with van der Waals surface area (Å²) in [5.74, 6) is -4.14. The van der Waals surface area contributed by atoms with Crippen molar-refractivity contribution in [3.8, 4) is 0 Å². The quantitative estimate of drug-likeness (QED) is 0.790. The number of ether oxygens (including phenoxy) is 1.